The molecule has 100 valence electrons. The van der Waals surface area contributed by atoms with Crippen LogP contribution in [0.4, 0.5) is 0 Å². The Kier molecular flexibility index (Phi) is 2.97. The molecule has 0 radical (unpaired) electrons. The molecule has 3 N–H and O–H groups in total. The summed E-state index contributed by atoms with van der Waals surface area (Å²) < 4.78 is 0. The zero-order chi connectivity index (χ0) is 12.6. The van der Waals surface area contributed by atoms with Crippen LogP contribution in [0.15, 0.2) is 11.6 Å². The maximum Gasteiger partial charge on any atom is 0.246 e. The summed E-state index contributed by atoms with van der Waals surface area (Å²) in [5.74, 6) is -0.202. The van der Waals surface area contributed by atoms with Gasteiger partial charge in [-0.15, -0.1) is 0 Å². The zero-order valence-corrected chi connectivity index (χ0v) is 11.1. The first-order chi connectivity index (χ1) is 8.66. The van der Waals surface area contributed by atoms with Gasteiger partial charge in [0.2, 0.25) is 5.91 Å². The van der Waals surface area contributed by atoms with Crippen molar-refractivity contribution in [1.82, 2.24) is 5.32 Å². The molecule has 0 atom stereocenters. The standard InChI is InChI=1S/C15H24N2O/c16-13(18)12-11-14(7-3-1-4-8-14)17-15(12)9-5-2-6-10-15/h11,17H,1-10H2,(H2,16,18). The van der Waals surface area contributed by atoms with E-state index in [1.54, 1.807) is 0 Å². The fourth-order valence-corrected chi connectivity index (χ4v) is 4.30. The van der Waals surface area contributed by atoms with E-state index < -0.39 is 0 Å². The van der Waals surface area contributed by atoms with Crippen molar-refractivity contribution in [1.29, 1.82) is 0 Å². The van der Waals surface area contributed by atoms with Gasteiger partial charge in [-0.2, -0.15) is 0 Å². The molecule has 1 amide bonds. The van der Waals surface area contributed by atoms with E-state index in [0.717, 1.165) is 18.4 Å². The van der Waals surface area contributed by atoms with Crippen molar-refractivity contribution in [3.05, 3.63) is 11.6 Å². The van der Waals surface area contributed by atoms with Crippen LogP contribution < -0.4 is 11.1 Å². The van der Waals surface area contributed by atoms with Crippen LogP contribution in [0.1, 0.15) is 64.2 Å². The van der Waals surface area contributed by atoms with E-state index in [4.69, 9.17) is 5.73 Å². The number of rotatable bonds is 1. The summed E-state index contributed by atoms with van der Waals surface area (Å²) >= 11 is 0. The molecule has 3 rings (SSSR count). The molecule has 0 bridgehead atoms. The molecule has 3 aliphatic rings. The van der Waals surface area contributed by atoms with Crippen LogP contribution in [0.2, 0.25) is 0 Å². The van der Waals surface area contributed by atoms with E-state index in [1.165, 1.54) is 51.4 Å². The van der Waals surface area contributed by atoms with Crippen LogP contribution in [0.3, 0.4) is 0 Å². The van der Waals surface area contributed by atoms with E-state index in [1.807, 2.05) is 0 Å². The monoisotopic (exact) mass is 248 g/mol. The normalized spacial score (nSPS) is 29.4. The average molecular weight is 248 g/mol. The smallest absolute Gasteiger partial charge is 0.246 e. The Balaban J connectivity index is 1.92. The molecule has 0 saturated heterocycles. The van der Waals surface area contributed by atoms with Crippen molar-refractivity contribution in [3.8, 4) is 0 Å². The van der Waals surface area contributed by atoms with Gasteiger partial charge in [-0.25, -0.2) is 0 Å². The lowest BCUT2D eigenvalue weighted by molar-refractivity contribution is -0.115. The Morgan fingerprint density at radius 3 is 2.11 bits per heavy atom. The molecule has 3 nitrogen and oxygen atoms in total. The molecule has 2 saturated carbocycles. The van der Waals surface area contributed by atoms with Gasteiger partial charge >= 0.3 is 0 Å². The Morgan fingerprint density at radius 2 is 1.56 bits per heavy atom. The molecule has 1 heterocycles. The maximum absolute atomic E-state index is 11.8. The van der Waals surface area contributed by atoms with Crippen molar-refractivity contribution in [2.45, 2.75) is 75.3 Å². The van der Waals surface area contributed by atoms with Gasteiger partial charge in [-0.05, 0) is 25.7 Å². The molecule has 0 aromatic rings. The summed E-state index contributed by atoms with van der Waals surface area (Å²) in [6.45, 7) is 0. The van der Waals surface area contributed by atoms with Crippen LogP contribution in [0.5, 0.6) is 0 Å². The largest absolute Gasteiger partial charge is 0.366 e. The minimum Gasteiger partial charge on any atom is -0.366 e. The predicted molar refractivity (Wildman–Crippen MR) is 72.0 cm³/mol. The molecular formula is C15H24N2O. The highest BCUT2D eigenvalue weighted by Gasteiger charge is 2.50. The third-order valence-corrected chi connectivity index (χ3v) is 5.14. The van der Waals surface area contributed by atoms with E-state index in [-0.39, 0.29) is 17.0 Å². The van der Waals surface area contributed by atoms with Crippen LogP contribution in [-0.4, -0.2) is 17.0 Å². The summed E-state index contributed by atoms with van der Waals surface area (Å²) in [7, 11) is 0. The van der Waals surface area contributed by atoms with Gasteiger partial charge in [0.25, 0.3) is 0 Å². The zero-order valence-electron chi connectivity index (χ0n) is 11.1. The second-order valence-corrected chi connectivity index (χ2v) is 6.41. The lowest BCUT2D eigenvalue weighted by atomic mass is 9.77. The van der Waals surface area contributed by atoms with Crippen LogP contribution in [0.25, 0.3) is 0 Å². The lowest BCUT2D eigenvalue weighted by Crippen LogP contribution is -2.55. The minimum atomic E-state index is -0.202. The lowest BCUT2D eigenvalue weighted by Gasteiger charge is -2.41. The van der Waals surface area contributed by atoms with Crippen molar-refractivity contribution in [2.24, 2.45) is 5.73 Å². The number of hydrogen-bond donors (Lipinski definition) is 2. The van der Waals surface area contributed by atoms with E-state index in [9.17, 15) is 4.79 Å². The minimum absolute atomic E-state index is 0.0819. The molecule has 3 heteroatoms. The Bertz CT molecular complexity index is 374. The highest BCUT2D eigenvalue weighted by atomic mass is 16.1. The van der Waals surface area contributed by atoms with Gasteiger partial charge in [-0.1, -0.05) is 44.6 Å². The van der Waals surface area contributed by atoms with Crippen molar-refractivity contribution in [2.75, 3.05) is 0 Å². The first-order valence-electron chi connectivity index (χ1n) is 7.48. The number of amides is 1. The molecule has 0 aromatic carbocycles. The van der Waals surface area contributed by atoms with Gasteiger partial charge in [0.1, 0.15) is 0 Å². The highest BCUT2D eigenvalue weighted by Crippen LogP contribution is 2.45. The molecule has 0 aromatic heterocycles. The van der Waals surface area contributed by atoms with Gasteiger partial charge in [0, 0.05) is 16.7 Å². The number of nitrogens with one attached hydrogen (secondary N) is 1. The van der Waals surface area contributed by atoms with Gasteiger partial charge < -0.3 is 5.73 Å². The van der Waals surface area contributed by atoms with Crippen LogP contribution in [-0.2, 0) is 4.79 Å². The molecule has 1 aliphatic heterocycles. The van der Waals surface area contributed by atoms with Gasteiger partial charge in [0.05, 0.1) is 0 Å². The van der Waals surface area contributed by atoms with E-state index >= 15 is 0 Å². The quantitative estimate of drug-likeness (QED) is 0.748. The van der Waals surface area contributed by atoms with Crippen molar-refractivity contribution >= 4 is 5.91 Å². The number of carbonyl (C=O) groups is 1. The number of nitrogens with two attached hydrogens (primary N) is 1. The summed E-state index contributed by atoms with van der Waals surface area (Å²) in [6, 6.07) is 0. The number of carbonyl (C=O) groups excluding carboxylic acids is 1. The highest BCUT2D eigenvalue weighted by molar-refractivity contribution is 5.95. The van der Waals surface area contributed by atoms with Crippen molar-refractivity contribution in [3.63, 3.8) is 0 Å². The topological polar surface area (TPSA) is 55.1 Å². The van der Waals surface area contributed by atoms with Crippen LogP contribution in [0, 0.1) is 0 Å². The van der Waals surface area contributed by atoms with Gasteiger partial charge in [0.15, 0.2) is 0 Å². The van der Waals surface area contributed by atoms with Crippen molar-refractivity contribution < 1.29 is 4.79 Å². The fraction of sp³-hybridized carbons (Fsp3) is 0.800. The molecular weight excluding hydrogens is 224 g/mol. The Labute approximate surface area is 109 Å². The number of hydrogen-bond acceptors (Lipinski definition) is 2. The first kappa shape index (κ1) is 12.2. The molecule has 0 unspecified atom stereocenters. The fourth-order valence-electron chi connectivity index (χ4n) is 4.30. The Morgan fingerprint density at radius 1 is 1.00 bits per heavy atom. The van der Waals surface area contributed by atoms with E-state index in [2.05, 4.69) is 11.4 Å². The van der Waals surface area contributed by atoms with Gasteiger partial charge in [-0.3, -0.25) is 10.1 Å². The summed E-state index contributed by atoms with van der Waals surface area (Å²) in [5, 5.41) is 3.86. The summed E-state index contributed by atoms with van der Waals surface area (Å²) in [6.07, 6.45) is 14.3. The molecule has 18 heavy (non-hydrogen) atoms. The predicted octanol–water partition coefficient (Wildman–Crippen LogP) is 2.41. The molecule has 2 spiro atoms. The third-order valence-electron chi connectivity index (χ3n) is 5.14. The SMILES string of the molecule is NC(=O)C1=CC2(CCCCC2)NC12CCCCC2. The molecule has 2 aliphatic carbocycles. The number of primary amides is 1. The van der Waals surface area contributed by atoms with Crippen LogP contribution >= 0.6 is 0 Å². The summed E-state index contributed by atoms with van der Waals surface area (Å²) in [4.78, 5) is 11.8. The second-order valence-electron chi connectivity index (χ2n) is 6.41. The summed E-state index contributed by atoms with van der Waals surface area (Å²) in [5.41, 5.74) is 6.54. The Hall–Kier alpha value is -0.830. The second kappa shape index (κ2) is 4.37. The maximum atomic E-state index is 11.8. The average Bonchev–Trinajstić information content (AvgIpc) is 2.65. The van der Waals surface area contributed by atoms with E-state index in [0.29, 0.717) is 0 Å². The first-order valence-corrected chi connectivity index (χ1v) is 7.48. The molecule has 2 fully saturated rings. The third kappa shape index (κ3) is 1.89.